The Hall–Kier alpha value is -3.85. The van der Waals surface area contributed by atoms with Crippen molar-refractivity contribution in [1.82, 2.24) is 10.2 Å². The van der Waals surface area contributed by atoms with Crippen molar-refractivity contribution in [2.24, 2.45) is 0 Å². The minimum Gasteiger partial charge on any atom is -0.497 e. The molecule has 0 aliphatic rings. The summed E-state index contributed by atoms with van der Waals surface area (Å²) in [6.45, 7) is 9.44. The van der Waals surface area contributed by atoms with Gasteiger partial charge in [0.1, 0.15) is 18.3 Å². The van der Waals surface area contributed by atoms with Crippen LogP contribution in [0.25, 0.3) is 0 Å². The predicted molar refractivity (Wildman–Crippen MR) is 158 cm³/mol. The zero-order chi connectivity index (χ0) is 29.4. The Labute approximate surface area is 238 Å². The number of carbonyl (C=O) groups is 2. The normalized spacial score (nSPS) is 12.1. The summed E-state index contributed by atoms with van der Waals surface area (Å²) in [4.78, 5) is 28.3. The number of carbonyl (C=O) groups excluding carboxylic acids is 2. The molecule has 40 heavy (non-hydrogen) atoms. The Morgan fingerprint density at radius 2 is 1.60 bits per heavy atom. The number of anilines is 1. The van der Waals surface area contributed by atoms with Gasteiger partial charge in [-0.1, -0.05) is 55.8 Å². The third-order valence-corrected chi connectivity index (χ3v) is 8.53. The number of hydrogen-bond acceptors (Lipinski definition) is 5. The Balaban J connectivity index is 2.05. The number of nitrogens with zero attached hydrogens (tertiary/aromatic N) is 2. The number of rotatable bonds is 12. The van der Waals surface area contributed by atoms with Gasteiger partial charge in [-0.05, 0) is 74.2 Å². The molecule has 3 aromatic rings. The average molecular weight is 566 g/mol. The van der Waals surface area contributed by atoms with Crippen LogP contribution in [0.2, 0.25) is 0 Å². The number of benzene rings is 3. The maximum atomic E-state index is 14.0. The molecule has 0 radical (unpaired) electrons. The molecule has 3 aromatic carbocycles. The summed E-state index contributed by atoms with van der Waals surface area (Å²) in [5.41, 5.74) is 3.08. The average Bonchev–Trinajstić information content (AvgIpc) is 2.94. The van der Waals surface area contributed by atoms with Crippen molar-refractivity contribution < 1.29 is 22.7 Å². The largest absolute Gasteiger partial charge is 0.497 e. The molecule has 0 saturated heterocycles. The van der Waals surface area contributed by atoms with Crippen LogP contribution in [0.4, 0.5) is 5.69 Å². The number of amides is 2. The topological polar surface area (TPSA) is 96.0 Å². The molecule has 0 spiro atoms. The fraction of sp³-hybridized carbons (Fsp3) is 0.355. The zero-order valence-corrected chi connectivity index (χ0v) is 24.9. The van der Waals surface area contributed by atoms with Gasteiger partial charge in [0.25, 0.3) is 10.0 Å². The second-order valence-electron chi connectivity index (χ2n) is 10.0. The molecular weight excluding hydrogens is 526 g/mol. The standard InChI is InChI=1S/C31H39N3O5S/c1-7-32-31(36)24(5)33(20-25-9-8-10-28(19-25)39-6)30(35)21-34(27-15-13-26(14-16-27)22(2)3)40(37,38)29-17-11-23(4)12-18-29/h8-19,22,24H,7,20-21H2,1-6H3,(H,32,36)/t24-/m1/s1. The van der Waals surface area contributed by atoms with Crippen molar-refractivity contribution >= 4 is 27.5 Å². The van der Waals surface area contributed by atoms with E-state index in [0.29, 0.717) is 18.0 Å². The number of hydrogen-bond donors (Lipinski definition) is 1. The molecule has 0 heterocycles. The summed E-state index contributed by atoms with van der Waals surface area (Å²) in [5.74, 6) is 0.0386. The molecular formula is C31H39N3O5S. The Morgan fingerprint density at radius 3 is 2.17 bits per heavy atom. The summed E-state index contributed by atoms with van der Waals surface area (Å²) >= 11 is 0. The number of nitrogens with one attached hydrogen (secondary N) is 1. The molecule has 2 amide bonds. The van der Waals surface area contributed by atoms with Crippen molar-refractivity contribution in [2.75, 3.05) is 24.5 Å². The minimum atomic E-state index is -4.11. The number of aryl methyl sites for hydroxylation is 1. The van der Waals surface area contributed by atoms with E-state index in [9.17, 15) is 18.0 Å². The SMILES string of the molecule is CCNC(=O)[C@@H](C)N(Cc1cccc(OC)c1)C(=O)CN(c1ccc(C(C)C)cc1)S(=O)(=O)c1ccc(C)cc1. The lowest BCUT2D eigenvalue weighted by atomic mass is 10.0. The van der Waals surface area contributed by atoms with Gasteiger partial charge in [0.15, 0.2) is 0 Å². The van der Waals surface area contributed by atoms with Gasteiger partial charge < -0.3 is 15.0 Å². The van der Waals surface area contributed by atoms with Crippen LogP contribution in [0.3, 0.4) is 0 Å². The van der Waals surface area contributed by atoms with Crippen LogP contribution in [0.5, 0.6) is 5.75 Å². The molecule has 1 N–H and O–H groups in total. The molecule has 0 unspecified atom stereocenters. The molecule has 0 aromatic heterocycles. The lowest BCUT2D eigenvalue weighted by molar-refractivity contribution is -0.139. The van der Waals surface area contributed by atoms with E-state index in [1.165, 1.54) is 17.0 Å². The van der Waals surface area contributed by atoms with Crippen LogP contribution < -0.4 is 14.4 Å². The fourth-order valence-electron chi connectivity index (χ4n) is 4.26. The van der Waals surface area contributed by atoms with Crippen molar-refractivity contribution in [3.63, 3.8) is 0 Å². The van der Waals surface area contributed by atoms with Gasteiger partial charge >= 0.3 is 0 Å². The smallest absolute Gasteiger partial charge is 0.264 e. The number of likely N-dealkylation sites (N-methyl/N-ethyl adjacent to an activating group) is 1. The summed E-state index contributed by atoms with van der Waals surface area (Å²) in [6.07, 6.45) is 0. The second kappa shape index (κ2) is 13.5. The third-order valence-electron chi connectivity index (χ3n) is 6.74. The van der Waals surface area contributed by atoms with Crippen LogP contribution in [0, 0.1) is 6.92 Å². The van der Waals surface area contributed by atoms with Crippen LogP contribution >= 0.6 is 0 Å². The van der Waals surface area contributed by atoms with Crippen LogP contribution in [0.15, 0.2) is 77.7 Å². The molecule has 0 aliphatic heterocycles. The van der Waals surface area contributed by atoms with Gasteiger partial charge in [0.05, 0.1) is 17.7 Å². The Kier molecular flexibility index (Phi) is 10.3. The van der Waals surface area contributed by atoms with Gasteiger partial charge in [-0.2, -0.15) is 0 Å². The summed E-state index contributed by atoms with van der Waals surface area (Å²) in [5, 5.41) is 2.76. The highest BCUT2D eigenvalue weighted by Crippen LogP contribution is 2.27. The first-order chi connectivity index (χ1) is 19.0. The highest BCUT2D eigenvalue weighted by Gasteiger charge is 2.32. The van der Waals surface area contributed by atoms with Gasteiger partial charge in [0.2, 0.25) is 11.8 Å². The fourth-order valence-corrected chi connectivity index (χ4v) is 5.68. The lowest BCUT2D eigenvalue weighted by Crippen LogP contribution is -2.51. The molecule has 0 aliphatic carbocycles. The predicted octanol–water partition coefficient (Wildman–Crippen LogP) is 4.88. The van der Waals surface area contributed by atoms with Gasteiger partial charge in [-0.3, -0.25) is 13.9 Å². The van der Waals surface area contributed by atoms with Crippen LogP contribution in [0.1, 0.15) is 50.3 Å². The summed E-state index contributed by atoms with van der Waals surface area (Å²) in [6, 6.07) is 20.1. The quantitative estimate of drug-likeness (QED) is 0.338. The second-order valence-corrected chi connectivity index (χ2v) is 11.9. The van der Waals surface area contributed by atoms with E-state index in [-0.39, 0.29) is 23.3 Å². The number of methoxy groups -OCH3 is 1. The lowest BCUT2D eigenvalue weighted by Gasteiger charge is -2.32. The van der Waals surface area contributed by atoms with E-state index in [0.717, 1.165) is 21.0 Å². The van der Waals surface area contributed by atoms with Crippen molar-refractivity contribution in [3.05, 3.63) is 89.5 Å². The van der Waals surface area contributed by atoms with Crippen molar-refractivity contribution in [2.45, 2.75) is 58.0 Å². The highest BCUT2D eigenvalue weighted by atomic mass is 32.2. The van der Waals surface area contributed by atoms with E-state index < -0.39 is 28.5 Å². The zero-order valence-electron chi connectivity index (χ0n) is 24.0. The first kappa shape index (κ1) is 30.7. The van der Waals surface area contributed by atoms with Crippen LogP contribution in [-0.2, 0) is 26.2 Å². The van der Waals surface area contributed by atoms with E-state index in [4.69, 9.17) is 4.74 Å². The molecule has 214 valence electrons. The molecule has 9 heteroatoms. The first-order valence-electron chi connectivity index (χ1n) is 13.4. The minimum absolute atomic E-state index is 0.0787. The Bertz CT molecular complexity index is 1400. The maximum Gasteiger partial charge on any atom is 0.264 e. The van der Waals surface area contributed by atoms with Crippen LogP contribution in [-0.4, -0.2) is 51.4 Å². The van der Waals surface area contributed by atoms with Crippen molar-refractivity contribution in [1.29, 1.82) is 0 Å². The monoisotopic (exact) mass is 565 g/mol. The molecule has 0 bridgehead atoms. The van der Waals surface area contributed by atoms with E-state index in [1.54, 1.807) is 63.4 Å². The molecule has 3 rings (SSSR count). The molecule has 1 atom stereocenters. The third kappa shape index (κ3) is 7.41. The molecule has 0 saturated carbocycles. The number of ether oxygens (including phenoxy) is 1. The summed E-state index contributed by atoms with van der Waals surface area (Å²) < 4.78 is 34.3. The van der Waals surface area contributed by atoms with Gasteiger partial charge in [-0.15, -0.1) is 0 Å². The number of sulfonamides is 1. The summed E-state index contributed by atoms with van der Waals surface area (Å²) in [7, 11) is -2.55. The van der Waals surface area contributed by atoms with Gasteiger partial charge in [-0.25, -0.2) is 8.42 Å². The van der Waals surface area contributed by atoms with E-state index in [1.807, 2.05) is 25.1 Å². The molecule has 8 nitrogen and oxygen atoms in total. The maximum absolute atomic E-state index is 14.0. The van der Waals surface area contributed by atoms with E-state index in [2.05, 4.69) is 19.2 Å². The van der Waals surface area contributed by atoms with Crippen molar-refractivity contribution in [3.8, 4) is 5.75 Å². The Morgan fingerprint density at radius 1 is 0.950 bits per heavy atom. The highest BCUT2D eigenvalue weighted by molar-refractivity contribution is 7.92. The van der Waals surface area contributed by atoms with E-state index >= 15 is 0 Å². The first-order valence-corrected chi connectivity index (χ1v) is 14.8. The van der Waals surface area contributed by atoms with Gasteiger partial charge in [0, 0.05) is 13.1 Å². The molecule has 0 fully saturated rings.